The van der Waals surface area contributed by atoms with Crippen LogP contribution >= 0.6 is 0 Å². The van der Waals surface area contributed by atoms with Crippen molar-refractivity contribution in [2.24, 2.45) is 0 Å². The second-order valence-corrected chi connectivity index (χ2v) is 5.62. The van der Waals surface area contributed by atoms with Crippen molar-refractivity contribution in [3.8, 4) is 0 Å². The number of aryl methyl sites for hydroxylation is 5. The SMILES string of the molecule is Cc1cc(C)c(C(=O)CC(=O)c2cc(C)oc2C)c(C)c1. The Morgan fingerprint density at radius 2 is 1.48 bits per heavy atom. The normalized spacial score (nSPS) is 10.7. The third-order valence-corrected chi connectivity index (χ3v) is 3.62. The molecule has 0 atom stereocenters. The Hall–Kier alpha value is -2.16. The van der Waals surface area contributed by atoms with Gasteiger partial charge in [-0.1, -0.05) is 17.7 Å². The van der Waals surface area contributed by atoms with Crippen molar-refractivity contribution >= 4 is 11.6 Å². The van der Waals surface area contributed by atoms with E-state index >= 15 is 0 Å². The molecule has 1 heterocycles. The number of Topliss-reactive ketones (excluding diaryl/α,β-unsaturated/α-hetero) is 2. The summed E-state index contributed by atoms with van der Waals surface area (Å²) >= 11 is 0. The number of hydrogen-bond acceptors (Lipinski definition) is 3. The second-order valence-electron chi connectivity index (χ2n) is 5.62. The Bertz CT molecular complexity index is 697. The molecule has 3 nitrogen and oxygen atoms in total. The summed E-state index contributed by atoms with van der Waals surface area (Å²) in [4.78, 5) is 24.7. The van der Waals surface area contributed by atoms with Gasteiger partial charge in [0.05, 0.1) is 12.0 Å². The van der Waals surface area contributed by atoms with E-state index in [-0.39, 0.29) is 18.0 Å². The Morgan fingerprint density at radius 1 is 0.905 bits per heavy atom. The fourth-order valence-corrected chi connectivity index (χ4v) is 2.86. The Morgan fingerprint density at radius 3 is 1.95 bits per heavy atom. The van der Waals surface area contributed by atoms with Crippen LogP contribution in [0.1, 0.15) is 55.3 Å². The van der Waals surface area contributed by atoms with E-state index in [2.05, 4.69) is 0 Å². The van der Waals surface area contributed by atoms with Gasteiger partial charge in [0.15, 0.2) is 11.6 Å². The van der Waals surface area contributed by atoms with E-state index in [1.54, 1.807) is 19.9 Å². The quantitative estimate of drug-likeness (QED) is 0.622. The van der Waals surface area contributed by atoms with E-state index in [0.717, 1.165) is 16.7 Å². The molecule has 0 saturated carbocycles. The molecule has 0 radical (unpaired) electrons. The lowest BCUT2D eigenvalue weighted by Gasteiger charge is -2.09. The van der Waals surface area contributed by atoms with E-state index in [9.17, 15) is 9.59 Å². The standard InChI is InChI=1S/C18H20O3/c1-10-6-11(2)18(12(3)7-10)17(20)9-16(19)15-8-13(4)21-14(15)5/h6-8H,9H2,1-5H3. The molecule has 0 aliphatic rings. The van der Waals surface area contributed by atoms with Gasteiger partial charge in [-0.15, -0.1) is 0 Å². The van der Waals surface area contributed by atoms with E-state index in [4.69, 9.17) is 4.42 Å². The minimum Gasteiger partial charge on any atom is -0.466 e. The van der Waals surface area contributed by atoms with Crippen LogP contribution in [-0.4, -0.2) is 11.6 Å². The molecule has 0 bridgehead atoms. The van der Waals surface area contributed by atoms with Crippen molar-refractivity contribution in [1.82, 2.24) is 0 Å². The highest BCUT2D eigenvalue weighted by Gasteiger charge is 2.20. The van der Waals surface area contributed by atoms with Crippen LogP contribution < -0.4 is 0 Å². The van der Waals surface area contributed by atoms with E-state index in [1.807, 2.05) is 32.9 Å². The highest BCUT2D eigenvalue weighted by molar-refractivity contribution is 6.14. The zero-order valence-corrected chi connectivity index (χ0v) is 13.2. The molecule has 1 aromatic heterocycles. The van der Waals surface area contributed by atoms with E-state index in [1.165, 1.54) is 0 Å². The largest absolute Gasteiger partial charge is 0.466 e. The Balaban J connectivity index is 2.27. The molecule has 1 aromatic carbocycles. The molecule has 110 valence electrons. The molecule has 0 fully saturated rings. The third-order valence-electron chi connectivity index (χ3n) is 3.62. The second kappa shape index (κ2) is 5.68. The van der Waals surface area contributed by atoms with Gasteiger partial charge in [-0.2, -0.15) is 0 Å². The van der Waals surface area contributed by atoms with E-state index in [0.29, 0.717) is 22.6 Å². The summed E-state index contributed by atoms with van der Waals surface area (Å²) in [5.41, 5.74) is 4.13. The monoisotopic (exact) mass is 284 g/mol. The molecule has 0 unspecified atom stereocenters. The predicted octanol–water partition coefficient (Wildman–Crippen LogP) is 4.28. The third kappa shape index (κ3) is 3.13. The number of rotatable bonds is 4. The summed E-state index contributed by atoms with van der Waals surface area (Å²) in [6, 6.07) is 5.63. The number of ketones is 2. The highest BCUT2D eigenvalue weighted by atomic mass is 16.3. The van der Waals surface area contributed by atoms with Gasteiger partial charge in [0, 0.05) is 5.56 Å². The summed E-state index contributed by atoms with van der Waals surface area (Å²) in [5, 5.41) is 0. The van der Waals surface area contributed by atoms with Crippen molar-refractivity contribution < 1.29 is 14.0 Å². The molecular weight excluding hydrogens is 264 g/mol. The number of carbonyl (C=O) groups excluding carboxylic acids is 2. The predicted molar refractivity (Wildman–Crippen MR) is 82.1 cm³/mol. The summed E-state index contributed by atoms with van der Waals surface area (Å²) in [7, 11) is 0. The maximum atomic E-state index is 12.4. The van der Waals surface area contributed by atoms with Crippen LogP contribution in [0.4, 0.5) is 0 Å². The van der Waals surface area contributed by atoms with Crippen LogP contribution in [0.25, 0.3) is 0 Å². The summed E-state index contributed by atoms with van der Waals surface area (Å²) in [6.07, 6.45) is -0.120. The minimum atomic E-state index is -0.186. The molecular formula is C18H20O3. The molecule has 0 N–H and O–H groups in total. The lowest BCUT2D eigenvalue weighted by Crippen LogP contribution is -2.12. The first kappa shape index (κ1) is 15.2. The van der Waals surface area contributed by atoms with Crippen LogP contribution in [0.3, 0.4) is 0 Å². The molecule has 2 rings (SSSR count). The van der Waals surface area contributed by atoms with Crippen molar-refractivity contribution in [2.45, 2.75) is 41.0 Å². The topological polar surface area (TPSA) is 47.3 Å². The smallest absolute Gasteiger partial charge is 0.174 e. The van der Waals surface area contributed by atoms with Gasteiger partial charge in [-0.25, -0.2) is 0 Å². The molecule has 0 saturated heterocycles. The van der Waals surface area contributed by atoms with Crippen LogP contribution in [-0.2, 0) is 0 Å². The van der Waals surface area contributed by atoms with E-state index < -0.39 is 0 Å². The molecule has 0 aliphatic carbocycles. The lowest BCUT2D eigenvalue weighted by atomic mass is 9.93. The van der Waals surface area contributed by atoms with Crippen molar-refractivity contribution in [1.29, 1.82) is 0 Å². The van der Waals surface area contributed by atoms with Crippen molar-refractivity contribution in [2.75, 3.05) is 0 Å². The maximum Gasteiger partial charge on any atom is 0.174 e. The zero-order chi connectivity index (χ0) is 15.7. The zero-order valence-electron chi connectivity index (χ0n) is 13.2. The Kier molecular flexibility index (Phi) is 4.12. The summed E-state index contributed by atoms with van der Waals surface area (Å²) in [6.45, 7) is 9.35. The van der Waals surface area contributed by atoms with Crippen LogP contribution in [0.5, 0.6) is 0 Å². The molecule has 0 aliphatic heterocycles. The first-order chi connectivity index (χ1) is 9.79. The minimum absolute atomic E-state index is 0.120. The van der Waals surface area contributed by atoms with Crippen LogP contribution in [0, 0.1) is 34.6 Å². The number of carbonyl (C=O) groups is 2. The Labute approximate surface area is 125 Å². The van der Waals surface area contributed by atoms with Gasteiger partial charge < -0.3 is 4.42 Å². The maximum absolute atomic E-state index is 12.4. The fourth-order valence-electron chi connectivity index (χ4n) is 2.86. The van der Waals surface area contributed by atoms with Gasteiger partial charge in [0.2, 0.25) is 0 Å². The summed E-state index contributed by atoms with van der Waals surface area (Å²) in [5.74, 6) is 0.940. The van der Waals surface area contributed by atoms with Crippen LogP contribution in [0.15, 0.2) is 22.6 Å². The van der Waals surface area contributed by atoms with Gasteiger partial charge >= 0.3 is 0 Å². The van der Waals surface area contributed by atoms with Gasteiger partial charge in [-0.05, 0) is 51.8 Å². The fraction of sp³-hybridized carbons (Fsp3) is 0.333. The summed E-state index contributed by atoms with van der Waals surface area (Å²) < 4.78 is 5.35. The van der Waals surface area contributed by atoms with Crippen LogP contribution in [0.2, 0.25) is 0 Å². The molecule has 0 amide bonds. The molecule has 2 aromatic rings. The number of benzene rings is 1. The van der Waals surface area contributed by atoms with Crippen molar-refractivity contribution in [3.63, 3.8) is 0 Å². The average molecular weight is 284 g/mol. The highest BCUT2D eigenvalue weighted by Crippen LogP contribution is 2.21. The van der Waals surface area contributed by atoms with Crippen molar-refractivity contribution in [3.05, 3.63) is 57.5 Å². The first-order valence-corrected chi connectivity index (χ1v) is 7.01. The average Bonchev–Trinajstić information content (AvgIpc) is 2.66. The molecule has 0 spiro atoms. The first-order valence-electron chi connectivity index (χ1n) is 7.01. The van der Waals surface area contributed by atoms with Gasteiger partial charge in [-0.3, -0.25) is 9.59 Å². The number of hydrogen-bond donors (Lipinski definition) is 0. The molecule has 21 heavy (non-hydrogen) atoms. The van der Waals surface area contributed by atoms with Gasteiger partial charge in [0.25, 0.3) is 0 Å². The molecule has 3 heteroatoms. The number of furan rings is 1. The van der Waals surface area contributed by atoms with Gasteiger partial charge in [0.1, 0.15) is 11.5 Å². The lowest BCUT2D eigenvalue weighted by molar-refractivity contribution is 0.0893.